The van der Waals surface area contributed by atoms with Crippen LogP contribution in [0.25, 0.3) is 0 Å². The Labute approximate surface area is 76.1 Å². The van der Waals surface area contributed by atoms with Gasteiger partial charge in [-0.15, -0.1) is 0 Å². The van der Waals surface area contributed by atoms with Crippen molar-refractivity contribution in [2.45, 2.75) is 19.4 Å². The number of carbonyl (C=O) groups is 2. The van der Waals surface area contributed by atoms with Crippen LogP contribution in [-0.2, 0) is 9.59 Å². The lowest BCUT2D eigenvalue weighted by atomic mass is 10.1. The van der Waals surface area contributed by atoms with Gasteiger partial charge in [-0.1, -0.05) is 0 Å². The molecule has 0 aromatic carbocycles. The second-order valence-electron chi connectivity index (χ2n) is 3.20. The summed E-state index contributed by atoms with van der Waals surface area (Å²) in [6, 6.07) is 0. The molecule has 1 amide bonds. The third-order valence-electron chi connectivity index (χ3n) is 1.07. The molecule has 74 valence electrons. The summed E-state index contributed by atoms with van der Waals surface area (Å²) in [7, 11) is 0. The SMILES string of the molecule is CC(C)(O)CNC(=O)C=CC(=O)O. The van der Waals surface area contributed by atoms with E-state index in [0.717, 1.165) is 12.2 Å². The van der Waals surface area contributed by atoms with E-state index >= 15 is 0 Å². The molecule has 0 spiro atoms. The Morgan fingerprint density at radius 1 is 1.38 bits per heavy atom. The summed E-state index contributed by atoms with van der Waals surface area (Å²) >= 11 is 0. The molecular formula is C8H13NO4. The predicted molar refractivity (Wildman–Crippen MR) is 46.1 cm³/mol. The van der Waals surface area contributed by atoms with Crippen LogP contribution in [0.5, 0.6) is 0 Å². The van der Waals surface area contributed by atoms with Crippen LogP contribution in [-0.4, -0.2) is 34.2 Å². The molecule has 0 aliphatic rings. The minimum Gasteiger partial charge on any atom is -0.478 e. The van der Waals surface area contributed by atoms with Crippen LogP contribution in [0.2, 0.25) is 0 Å². The molecule has 0 fully saturated rings. The zero-order valence-electron chi connectivity index (χ0n) is 7.57. The van der Waals surface area contributed by atoms with Gasteiger partial charge in [0.2, 0.25) is 5.91 Å². The lowest BCUT2D eigenvalue weighted by molar-refractivity contribution is -0.131. The van der Waals surface area contributed by atoms with Crippen LogP contribution >= 0.6 is 0 Å². The van der Waals surface area contributed by atoms with E-state index in [1.807, 2.05) is 0 Å². The molecular weight excluding hydrogens is 174 g/mol. The number of carboxylic acids is 1. The van der Waals surface area contributed by atoms with Gasteiger partial charge in [-0.2, -0.15) is 0 Å². The fourth-order valence-corrected chi connectivity index (χ4v) is 0.509. The molecule has 5 nitrogen and oxygen atoms in total. The Morgan fingerprint density at radius 3 is 2.31 bits per heavy atom. The highest BCUT2D eigenvalue weighted by atomic mass is 16.4. The quantitative estimate of drug-likeness (QED) is 0.518. The molecule has 13 heavy (non-hydrogen) atoms. The first-order chi connectivity index (χ1) is 5.81. The topological polar surface area (TPSA) is 86.6 Å². The molecule has 0 aliphatic heterocycles. The van der Waals surface area contributed by atoms with E-state index in [1.165, 1.54) is 13.8 Å². The van der Waals surface area contributed by atoms with Crippen LogP contribution < -0.4 is 5.32 Å². The number of carbonyl (C=O) groups excluding carboxylic acids is 1. The number of hydrogen-bond donors (Lipinski definition) is 3. The lowest BCUT2D eigenvalue weighted by Gasteiger charge is -2.16. The first-order valence-electron chi connectivity index (χ1n) is 3.72. The summed E-state index contributed by atoms with van der Waals surface area (Å²) in [4.78, 5) is 20.8. The van der Waals surface area contributed by atoms with Gasteiger partial charge in [0.05, 0.1) is 5.60 Å². The zero-order valence-corrected chi connectivity index (χ0v) is 7.57. The second-order valence-corrected chi connectivity index (χ2v) is 3.20. The summed E-state index contributed by atoms with van der Waals surface area (Å²) in [5, 5.41) is 19.7. The van der Waals surface area contributed by atoms with Crippen LogP contribution in [0.1, 0.15) is 13.8 Å². The number of hydrogen-bond acceptors (Lipinski definition) is 3. The first kappa shape index (κ1) is 11.6. The maximum atomic E-state index is 10.8. The Hall–Kier alpha value is -1.36. The molecule has 0 atom stereocenters. The number of carboxylic acid groups (broad SMARTS) is 1. The highest BCUT2D eigenvalue weighted by molar-refractivity contribution is 5.93. The third kappa shape index (κ3) is 8.55. The van der Waals surface area contributed by atoms with Crippen molar-refractivity contribution in [1.82, 2.24) is 5.32 Å². The Balaban J connectivity index is 3.83. The van der Waals surface area contributed by atoms with Crippen molar-refractivity contribution in [2.75, 3.05) is 6.54 Å². The molecule has 0 rings (SSSR count). The lowest BCUT2D eigenvalue weighted by Crippen LogP contribution is -2.37. The van der Waals surface area contributed by atoms with Crippen molar-refractivity contribution < 1.29 is 19.8 Å². The monoisotopic (exact) mass is 187 g/mol. The minimum absolute atomic E-state index is 0.0792. The van der Waals surface area contributed by atoms with E-state index in [9.17, 15) is 14.7 Å². The summed E-state index contributed by atoms with van der Waals surface area (Å²) in [5.41, 5.74) is -0.993. The predicted octanol–water partition coefficient (Wildman–Crippen LogP) is -0.486. The van der Waals surface area contributed by atoms with Gasteiger partial charge in [-0.25, -0.2) is 4.79 Å². The van der Waals surface area contributed by atoms with E-state index in [2.05, 4.69) is 5.32 Å². The highest BCUT2D eigenvalue weighted by Crippen LogP contribution is 1.96. The Kier molecular flexibility index (Phi) is 4.13. The van der Waals surface area contributed by atoms with Gasteiger partial charge in [0, 0.05) is 18.7 Å². The molecule has 0 saturated heterocycles. The fraction of sp³-hybridized carbons (Fsp3) is 0.500. The number of aliphatic hydroxyl groups is 1. The van der Waals surface area contributed by atoms with E-state index in [4.69, 9.17) is 5.11 Å². The van der Waals surface area contributed by atoms with Gasteiger partial charge in [-0.05, 0) is 13.8 Å². The van der Waals surface area contributed by atoms with Crippen LogP contribution in [0, 0.1) is 0 Å². The fourth-order valence-electron chi connectivity index (χ4n) is 0.509. The summed E-state index contributed by atoms with van der Waals surface area (Å²) in [6.07, 6.45) is 1.63. The standard InChI is InChI=1S/C8H13NO4/c1-8(2,13)5-9-6(10)3-4-7(11)12/h3-4,13H,5H2,1-2H3,(H,9,10)(H,11,12). The molecule has 0 bridgehead atoms. The molecule has 0 radical (unpaired) electrons. The highest BCUT2D eigenvalue weighted by Gasteiger charge is 2.12. The van der Waals surface area contributed by atoms with E-state index in [1.54, 1.807) is 0 Å². The zero-order chi connectivity index (χ0) is 10.5. The molecule has 0 saturated carbocycles. The third-order valence-corrected chi connectivity index (χ3v) is 1.07. The maximum Gasteiger partial charge on any atom is 0.328 e. The van der Waals surface area contributed by atoms with Crippen molar-refractivity contribution in [1.29, 1.82) is 0 Å². The molecule has 0 unspecified atom stereocenters. The smallest absolute Gasteiger partial charge is 0.328 e. The van der Waals surface area contributed by atoms with Gasteiger partial charge in [0.15, 0.2) is 0 Å². The first-order valence-corrected chi connectivity index (χ1v) is 3.72. The maximum absolute atomic E-state index is 10.8. The van der Waals surface area contributed by atoms with Gasteiger partial charge >= 0.3 is 5.97 Å². The van der Waals surface area contributed by atoms with Gasteiger partial charge in [-0.3, -0.25) is 4.79 Å². The normalized spacial score (nSPS) is 11.6. The van der Waals surface area contributed by atoms with Gasteiger partial charge in [0.1, 0.15) is 0 Å². The molecule has 0 aliphatic carbocycles. The van der Waals surface area contributed by atoms with Gasteiger partial charge in [0.25, 0.3) is 0 Å². The van der Waals surface area contributed by atoms with Crippen molar-refractivity contribution in [2.24, 2.45) is 0 Å². The van der Waals surface area contributed by atoms with Crippen molar-refractivity contribution in [3.8, 4) is 0 Å². The Bertz CT molecular complexity index is 227. The van der Waals surface area contributed by atoms with Crippen molar-refractivity contribution in [3.63, 3.8) is 0 Å². The Morgan fingerprint density at radius 2 is 1.92 bits per heavy atom. The average Bonchev–Trinajstić information content (AvgIpc) is 1.95. The summed E-state index contributed by atoms with van der Waals surface area (Å²) in [6.45, 7) is 3.15. The summed E-state index contributed by atoms with van der Waals surface area (Å²) in [5.74, 6) is -1.72. The molecule has 0 aromatic heterocycles. The van der Waals surface area contributed by atoms with Crippen LogP contribution in [0.15, 0.2) is 12.2 Å². The van der Waals surface area contributed by atoms with Crippen LogP contribution in [0.3, 0.4) is 0 Å². The molecule has 5 heteroatoms. The average molecular weight is 187 g/mol. The molecule has 3 N–H and O–H groups in total. The number of amides is 1. The van der Waals surface area contributed by atoms with Crippen molar-refractivity contribution in [3.05, 3.63) is 12.2 Å². The van der Waals surface area contributed by atoms with Crippen LogP contribution in [0.4, 0.5) is 0 Å². The minimum atomic E-state index is -1.18. The summed E-state index contributed by atoms with van der Waals surface area (Å²) < 4.78 is 0. The number of rotatable bonds is 4. The van der Waals surface area contributed by atoms with E-state index in [0.29, 0.717) is 0 Å². The molecule has 0 aromatic rings. The number of aliphatic carboxylic acids is 1. The largest absolute Gasteiger partial charge is 0.478 e. The van der Waals surface area contributed by atoms with Gasteiger partial charge < -0.3 is 15.5 Å². The second kappa shape index (κ2) is 4.61. The number of nitrogens with one attached hydrogen (secondary N) is 1. The van der Waals surface area contributed by atoms with E-state index in [-0.39, 0.29) is 6.54 Å². The molecule has 0 heterocycles. The van der Waals surface area contributed by atoms with Crippen molar-refractivity contribution >= 4 is 11.9 Å². The van der Waals surface area contributed by atoms with E-state index < -0.39 is 17.5 Å².